The molecule has 0 fully saturated rings. The summed E-state index contributed by atoms with van der Waals surface area (Å²) < 4.78 is 0.735. The van der Waals surface area contributed by atoms with Crippen molar-refractivity contribution in [2.45, 2.75) is 139 Å². The van der Waals surface area contributed by atoms with Crippen molar-refractivity contribution in [3.8, 4) is 0 Å². The summed E-state index contributed by atoms with van der Waals surface area (Å²) in [6.07, 6.45) is 0.187. The Hall–Kier alpha value is -4.97. The third-order valence-electron chi connectivity index (χ3n) is 9.19. The number of guanidine groups is 1. The molecule has 0 aliphatic heterocycles. The Morgan fingerprint density at radius 3 is 1.67 bits per heavy atom. The van der Waals surface area contributed by atoms with Crippen LogP contribution in [0.3, 0.4) is 0 Å². The van der Waals surface area contributed by atoms with Crippen molar-refractivity contribution in [2.75, 3.05) is 40.8 Å². The van der Waals surface area contributed by atoms with Crippen LogP contribution < -0.4 is 60.6 Å². The van der Waals surface area contributed by atoms with Crippen LogP contribution in [0.4, 0.5) is 0 Å². The van der Waals surface area contributed by atoms with Crippen molar-refractivity contribution in [1.29, 1.82) is 0 Å². The first kappa shape index (κ1) is 55.0. The van der Waals surface area contributed by atoms with Crippen LogP contribution in [0.2, 0.25) is 0 Å². The summed E-state index contributed by atoms with van der Waals surface area (Å²) in [5.74, 6) is -6.21. The number of aliphatic hydroxyl groups is 2. The Balaban J connectivity index is 6.03. The molecule has 0 aliphatic rings. The highest BCUT2D eigenvalue weighted by Gasteiger charge is 2.34. The number of nitrogens with two attached hydrogens (primary N) is 5. The average Bonchev–Trinajstić information content (AvgIpc) is 3.15. The molecule has 0 bridgehead atoms. The van der Waals surface area contributed by atoms with Gasteiger partial charge in [0, 0.05) is 13.0 Å². The van der Waals surface area contributed by atoms with Crippen LogP contribution >= 0.6 is 0 Å². The largest absolute Gasteiger partial charge is 0.391 e. The molecular weight excluding hydrogens is 786 g/mol. The van der Waals surface area contributed by atoms with Gasteiger partial charge in [0.25, 0.3) is 0 Å². The summed E-state index contributed by atoms with van der Waals surface area (Å²) in [5.41, 5.74) is 27.4. The zero-order valence-corrected chi connectivity index (χ0v) is 35.9. The molecule has 0 saturated heterocycles. The highest BCUT2D eigenvalue weighted by Crippen LogP contribution is 2.08. The Kier molecular flexibility index (Phi) is 26.1. The van der Waals surface area contributed by atoms with Gasteiger partial charge in [0.2, 0.25) is 41.4 Å². The molecule has 0 unspecified atom stereocenters. The van der Waals surface area contributed by atoms with Crippen LogP contribution in [0.25, 0.3) is 0 Å². The van der Waals surface area contributed by atoms with Gasteiger partial charge in [-0.1, -0.05) is 0 Å². The first-order valence-electron chi connectivity index (χ1n) is 20.2. The lowest BCUT2D eigenvalue weighted by molar-refractivity contribution is -0.870. The maximum Gasteiger partial charge on any atom is 0.245 e. The smallest absolute Gasteiger partial charge is 0.245 e. The van der Waals surface area contributed by atoms with Crippen LogP contribution in [0.1, 0.15) is 85.0 Å². The number of carbonyl (C=O) groups excluding carboxylic acids is 8. The summed E-state index contributed by atoms with van der Waals surface area (Å²) in [6, 6.07) is -9.15. The topological polar surface area (TPSA) is 392 Å². The van der Waals surface area contributed by atoms with Crippen molar-refractivity contribution in [3.05, 3.63) is 0 Å². The second-order valence-electron chi connectivity index (χ2n) is 15.9. The minimum absolute atomic E-state index is 0.0534. The summed E-state index contributed by atoms with van der Waals surface area (Å²) >= 11 is 0. The number of hydrogen-bond donors (Lipinski definition) is 13. The van der Waals surface area contributed by atoms with E-state index in [2.05, 4.69) is 36.9 Å². The van der Waals surface area contributed by atoms with Gasteiger partial charge in [-0.05, 0) is 85.1 Å². The normalized spacial score (nSPS) is 15.8. The lowest BCUT2D eigenvalue weighted by Crippen LogP contribution is -2.61. The summed E-state index contributed by atoms with van der Waals surface area (Å²) in [6.45, 7) is 5.05. The molecule has 0 radical (unpaired) electrons. The predicted octanol–water partition coefficient (Wildman–Crippen LogP) is -5.47. The van der Waals surface area contributed by atoms with Gasteiger partial charge in [0.15, 0.2) is 5.96 Å². The van der Waals surface area contributed by atoms with Crippen LogP contribution in [0, 0.1) is 0 Å². The monoisotopic (exact) mass is 859 g/mol. The fourth-order valence-electron chi connectivity index (χ4n) is 5.58. The van der Waals surface area contributed by atoms with Crippen molar-refractivity contribution in [1.82, 2.24) is 31.9 Å². The van der Waals surface area contributed by atoms with E-state index >= 15 is 0 Å². The van der Waals surface area contributed by atoms with Crippen molar-refractivity contribution < 1.29 is 53.1 Å². The van der Waals surface area contributed by atoms with Crippen molar-refractivity contribution in [3.63, 3.8) is 0 Å². The molecule has 7 amide bonds. The van der Waals surface area contributed by atoms with Crippen LogP contribution in [-0.4, -0.2) is 164 Å². The number of amides is 7. The van der Waals surface area contributed by atoms with Crippen molar-refractivity contribution >= 4 is 53.6 Å². The van der Waals surface area contributed by atoms with E-state index in [1.54, 1.807) is 0 Å². The van der Waals surface area contributed by atoms with E-state index in [-0.39, 0.29) is 44.6 Å². The highest BCUT2D eigenvalue weighted by atomic mass is 16.3. The number of hydrogen-bond acceptors (Lipinski definition) is 13. The summed E-state index contributed by atoms with van der Waals surface area (Å²) in [5, 5.41) is 35.1. The Morgan fingerprint density at radius 2 is 1.15 bits per heavy atom. The van der Waals surface area contributed by atoms with Gasteiger partial charge in [-0.25, -0.2) is 0 Å². The van der Waals surface area contributed by atoms with E-state index < -0.39 is 95.9 Å². The first-order chi connectivity index (χ1) is 27.9. The van der Waals surface area contributed by atoms with Gasteiger partial charge in [-0.15, -0.1) is 0 Å². The van der Waals surface area contributed by atoms with Gasteiger partial charge in [0.1, 0.15) is 42.5 Å². The number of nitrogens with one attached hydrogen (secondary N) is 6. The Bertz CT molecular complexity index is 1440. The van der Waals surface area contributed by atoms with Gasteiger partial charge in [-0.3, -0.25) is 38.6 Å². The summed E-state index contributed by atoms with van der Waals surface area (Å²) in [7, 11) is 6.12. The van der Waals surface area contributed by atoms with Gasteiger partial charge in [-0.2, -0.15) is 0 Å². The fraction of sp³-hybridized carbons (Fsp3) is 0.757. The quantitative estimate of drug-likeness (QED) is 0.0102. The minimum Gasteiger partial charge on any atom is -0.391 e. The Morgan fingerprint density at radius 1 is 0.633 bits per heavy atom. The molecule has 0 aromatic carbocycles. The van der Waals surface area contributed by atoms with Gasteiger partial charge in [0.05, 0.1) is 45.9 Å². The third-order valence-corrected chi connectivity index (χ3v) is 9.19. The molecule has 23 heteroatoms. The number of unbranched alkanes of at least 4 members (excludes halogenated alkanes) is 2. The number of aldehydes is 1. The SMILES string of the molecule is C[C@H](NC(=O)[C@@H](NC(=O)[C@H](CCC(N)=O)NC(=O)[C@H](CCCCN)NC(=O)[C@@H](N)[C@@H](C)O)[C@@H](C)O)C(=O)N[C@@H](CCCN=C(N)N)C(=O)N[C@H](C=O)CCCC[N+](C)(C)C. The van der Waals surface area contributed by atoms with E-state index in [4.69, 9.17) is 28.7 Å². The fourth-order valence-corrected chi connectivity index (χ4v) is 5.58. The molecule has 23 nitrogen and oxygen atoms in total. The molecule has 0 rings (SSSR count). The lowest BCUT2D eigenvalue weighted by Gasteiger charge is -2.28. The van der Waals surface area contributed by atoms with Gasteiger partial charge >= 0.3 is 0 Å². The first-order valence-corrected chi connectivity index (χ1v) is 20.2. The number of aliphatic hydroxyl groups excluding tert-OH is 2. The summed E-state index contributed by atoms with van der Waals surface area (Å²) in [4.78, 5) is 107. The molecule has 0 aromatic heterocycles. The zero-order chi connectivity index (χ0) is 46.2. The average molecular weight is 859 g/mol. The standard InChI is InChI=1S/C37H71N13O10/c1-21(31(55)46-26(14-11-18-43-37(41)42)32(56)45-24(20-51)12-8-10-19-50(4,5)6)44-36(60)30(23(3)53)49-34(58)27(15-16-28(39)54)47-33(57)25(13-7-9-17-38)48-35(59)29(40)22(2)52/h20-27,29-30,52-53H,7-19,38,40H2,1-6H3,(H11-,39,41,42,43,44,45,46,47,48,49,54,55,56,57,58,59,60)/p+1/t21-,22+,23+,24-,25-,26-,27-,29-,30-/m0/s1. The van der Waals surface area contributed by atoms with E-state index in [9.17, 15) is 48.6 Å². The second kappa shape index (κ2) is 28.5. The second-order valence-corrected chi connectivity index (χ2v) is 15.9. The third kappa shape index (κ3) is 23.6. The Labute approximate surface area is 352 Å². The number of primary amides is 1. The number of carbonyl (C=O) groups is 8. The van der Waals surface area contributed by atoms with Crippen LogP contribution in [0.5, 0.6) is 0 Å². The minimum atomic E-state index is -1.70. The molecule has 0 heterocycles. The predicted molar refractivity (Wildman–Crippen MR) is 223 cm³/mol. The molecule has 0 spiro atoms. The van der Waals surface area contributed by atoms with E-state index in [0.29, 0.717) is 38.5 Å². The highest BCUT2D eigenvalue weighted by molar-refractivity contribution is 5.97. The molecule has 0 aromatic rings. The molecule has 60 heavy (non-hydrogen) atoms. The van der Waals surface area contributed by atoms with Crippen molar-refractivity contribution in [2.24, 2.45) is 33.7 Å². The van der Waals surface area contributed by atoms with E-state index in [1.807, 2.05) is 21.1 Å². The lowest BCUT2D eigenvalue weighted by atomic mass is 10.0. The molecule has 9 atom stereocenters. The zero-order valence-electron chi connectivity index (χ0n) is 35.9. The molecule has 344 valence electrons. The number of nitrogens with zero attached hydrogens (tertiary/aromatic N) is 2. The van der Waals surface area contributed by atoms with E-state index in [1.165, 1.54) is 20.8 Å². The van der Waals surface area contributed by atoms with Crippen LogP contribution in [0.15, 0.2) is 4.99 Å². The van der Waals surface area contributed by atoms with Gasteiger partial charge < -0.3 is 80.1 Å². The molecular formula is C37H72N13O10+. The number of aliphatic imine (C=N–C) groups is 1. The molecule has 0 saturated carbocycles. The maximum absolute atomic E-state index is 13.6. The van der Waals surface area contributed by atoms with E-state index in [0.717, 1.165) is 17.4 Å². The number of rotatable bonds is 31. The maximum atomic E-state index is 13.6. The molecule has 18 N–H and O–H groups in total. The van der Waals surface area contributed by atoms with Crippen LogP contribution in [-0.2, 0) is 38.4 Å². The molecule has 0 aliphatic carbocycles. The number of quaternary nitrogens is 1.